The van der Waals surface area contributed by atoms with Crippen molar-refractivity contribution >= 4 is 5.69 Å². The summed E-state index contributed by atoms with van der Waals surface area (Å²) in [6.07, 6.45) is 6.86. The lowest BCUT2D eigenvalue weighted by Crippen LogP contribution is -2.42. The van der Waals surface area contributed by atoms with Crippen LogP contribution < -0.4 is 10.6 Å². The summed E-state index contributed by atoms with van der Waals surface area (Å²) >= 11 is 0. The first-order chi connectivity index (χ1) is 9.31. The van der Waals surface area contributed by atoms with Crippen molar-refractivity contribution < 1.29 is 0 Å². The van der Waals surface area contributed by atoms with Crippen molar-refractivity contribution in [2.45, 2.75) is 39.0 Å². The average Bonchev–Trinajstić information content (AvgIpc) is 2.42. The molecular weight excluding hydrogens is 232 g/mol. The molecule has 1 aliphatic heterocycles. The van der Waals surface area contributed by atoms with E-state index < -0.39 is 0 Å². The highest BCUT2D eigenvalue weighted by Crippen LogP contribution is 2.43. The van der Waals surface area contributed by atoms with E-state index in [-0.39, 0.29) is 0 Å². The van der Waals surface area contributed by atoms with Gasteiger partial charge in [-0.1, -0.05) is 31.5 Å². The lowest BCUT2D eigenvalue weighted by atomic mass is 9.67. The Hall–Kier alpha value is -1.02. The predicted octanol–water partition coefficient (Wildman–Crippen LogP) is 3.44. The summed E-state index contributed by atoms with van der Waals surface area (Å²) in [5, 5.41) is 7.30. The van der Waals surface area contributed by atoms with Crippen LogP contribution in [0.25, 0.3) is 0 Å². The van der Waals surface area contributed by atoms with Crippen molar-refractivity contribution in [3.63, 3.8) is 0 Å². The standard InChI is InChI=1S/C17H26N2/c1-2-17(8-5-9-17)13-18-11-14-10-15-6-3-4-7-16(15)19-12-14/h3-4,6-7,14,18-19H,2,5,8-13H2,1H3. The molecule has 0 spiro atoms. The Balaban J connectivity index is 1.47. The molecule has 0 aromatic heterocycles. The second-order valence-corrected chi connectivity index (χ2v) is 6.45. The van der Waals surface area contributed by atoms with E-state index in [1.54, 1.807) is 0 Å². The Morgan fingerprint density at radius 3 is 2.89 bits per heavy atom. The Labute approximate surface area is 117 Å². The highest BCUT2D eigenvalue weighted by molar-refractivity contribution is 5.53. The largest absolute Gasteiger partial charge is 0.384 e. The fourth-order valence-electron chi connectivity index (χ4n) is 3.53. The molecule has 1 unspecified atom stereocenters. The maximum absolute atomic E-state index is 3.74. The van der Waals surface area contributed by atoms with Gasteiger partial charge in [-0.15, -0.1) is 0 Å². The van der Waals surface area contributed by atoms with E-state index >= 15 is 0 Å². The zero-order valence-electron chi connectivity index (χ0n) is 12.0. The molecule has 2 nitrogen and oxygen atoms in total. The quantitative estimate of drug-likeness (QED) is 0.845. The molecule has 1 atom stereocenters. The summed E-state index contributed by atoms with van der Waals surface area (Å²) in [7, 11) is 0. The smallest absolute Gasteiger partial charge is 0.0372 e. The van der Waals surface area contributed by atoms with Crippen LogP contribution in [0.4, 0.5) is 5.69 Å². The van der Waals surface area contributed by atoms with Gasteiger partial charge in [0.05, 0.1) is 0 Å². The molecule has 1 fully saturated rings. The molecule has 2 aliphatic rings. The molecule has 3 rings (SSSR count). The van der Waals surface area contributed by atoms with Crippen LogP contribution in [-0.4, -0.2) is 19.6 Å². The Morgan fingerprint density at radius 1 is 1.32 bits per heavy atom. The maximum Gasteiger partial charge on any atom is 0.0372 e. The van der Waals surface area contributed by atoms with E-state index in [9.17, 15) is 0 Å². The van der Waals surface area contributed by atoms with Gasteiger partial charge in [0.25, 0.3) is 0 Å². The van der Waals surface area contributed by atoms with E-state index in [1.807, 2.05) is 0 Å². The number of benzene rings is 1. The van der Waals surface area contributed by atoms with E-state index in [4.69, 9.17) is 0 Å². The number of nitrogens with one attached hydrogen (secondary N) is 2. The lowest BCUT2D eigenvalue weighted by Gasteiger charge is -2.42. The number of anilines is 1. The molecule has 1 aliphatic carbocycles. The number of hydrogen-bond donors (Lipinski definition) is 2. The topological polar surface area (TPSA) is 24.1 Å². The molecule has 0 bridgehead atoms. The molecule has 104 valence electrons. The van der Waals surface area contributed by atoms with Crippen molar-refractivity contribution in [3.05, 3.63) is 29.8 Å². The summed E-state index contributed by atoms with van der Waals surface area (Å²) in [6.45, 7) is 5.84. The number of hydrogen-bond acceptors (Lipinski definition) is 2. The third-order valence-electron chi connectivity index (χ3n) is 5.20. The van der Waals surface area contributed by atoms with Gasteiger partial charge in [0.1, 0.15) is 0 Å². The first-order valence-electron chi connectivity index (χ1n) is 7.84. The van der Waals surface area contributed by atoms with Crippen LogP contribution in [0.1, 0.15) is 38.2 Å². The molecule has 0 amide bonds. The molecule has 0 saturated heterocycles. The Morgan fingerprint density at radius 2 is 2.16 bits per heavy atom. The van der Waals surface area contributed by atoms with E-state index in [2.05, 4.69) is 41.8 Å². The first-order valence-corrected chi connectivity index (χ1v) is 7.84. The van der Waals surface area contributed by atoms with Gasteiger partial charge in [-0.2, -0.15) is 0 Å². The zero-order chi connectivity index (χ0) is 13.1. The molecule has 19 heavy (non-hydrogen) atoms. The molecule has 1 heterocycles. The monoisotopic (exact) mass is 258 g/mol. The minimum Gasteiger partial charge on any atom is -0.384 e. The van der Waals surface area contributed by atoms with Crippen LogP contribution in [0, 0.1) is 11.3 Å². The molecule has 2 N–H and O–H groups in total. The Bertz CT molecular complexity index is 418. The molecule has 2 heteroatoms. The van der Waals surface area contributed by atoms with Crippen molar-refractivity contribution in [1.29, 1.82) is 0 Å². The lowest BCUT2D eigenvalue weighted by molar-refractivity contribution is 0.122. The highest BCUT2D eigenvalue weighted by atomic mass is 14.9. The summed E-state index contributed by atoms with van der Waals surface area (Å²) < 4.78 is 0. The van der Waals surface area contributed by atoms with E-state index in [0.717, 1.165) is 19.0 Å². The maximum atomic E-state index is 3.74. The van der Waals surface area contributed by atoms with Crippen molar-refractivity contribution in [2.75, 3.05) is 25.0 Å². The number of rotatable bonds is 5. The van der Waals surface area contributed by atoms with E-state index in [0.29, 0.717) is 5.41 Å². The normalized spacial score (nSPS) is 24.2. The van der Waals surface area contributed by atoms with Crippen LogP contribution in [-0.2, 0) is 6.42 Å². The summed E-state index contributed by atoms with van der Waals surface area (Å²) in [4.78, 5) is 0. The fraction of sp³-hybridized carbons (Fsp3) is 0.647. The van der Waals surface area contributed by atoms with Gasteiger partial charge >= 0.3 is 0 Å². The minimum absolute atomic E-state index is 0.639. The van der Waals surface area contributed by atoms with Gasteiger partial charge < -0.3 is 10.6 Å². The average molecular weight is 258 g/mol. The number of para-hydroxylation sites is 1. The van der Waals surface area contributed by atoms with Crippen molar-refractivity contribution in [1.82, 2.24) is 5.32 Å². The first kappa shape index (κ1) is 13.0. The minimum atomic E-state index is 0.639. The van der Waals surface area contributed by atoms with Gasteiger partial charge in [0.2, 0.25) is 0 Å². The van der Waals surface area contributed by atoms with Crippen LogP contribution >= 0.6 is 0 Å². The van der Waals surface area contributed by atoms with Crippen molar-refractivity contribution in [3.8, 4) is 0 Å². The van der Waals surface area contributed by atoms with Crippen LogP contribution in [0.5, 0.6) is 0 Å². The third-order valence-corrected chi connectivity index (χ3v) is 5.20. The number of fused-ring (bicyclic) bond motifs is 1. The van der Waals surface area contributed by atoms with Gasteiger partial charge in [0.15, 0.2) is 0 Å². The Kier molecular flexibility index (Phi) is 3.79. The second kappa shape index (κ2) is 5.54. The third kappa shape index (κ3) is 2.79. The van der Waals surface area contributed by atoms with Gasteiger partial charge in [-0.05, 0) is 55.2 Å². The van der Waals surface area contributed by atoms with E-state index in [1.165, 1.54) is 49.9 Å². The molecule has 1 aromatic rings. The molecule has 1 saturated carbocycles. The van der Waals surface area contributed by atoms with Crippen LogP contribution in [0.2, 0.25) is 0 Å². The summed E-state index contributed by atoms with van der Waals surface area (Å²) in [5.74, 6) is 0.740. The fourth-order valence-corrected chi connectivity index (χ4v) is 3.53. The molecule has 1 aromatic carbocycles. The summed E-state index contributed by atoms with van der Waals surface area (Å²) in [6, 6.07) is 8.72. The van der Waals surface area contributed by atoms with Crippen molar-refractivity contribution in [2.24, 2.45) is 11.3 Å². The highest BCUT2D eigenvalue weighted by Gasteiger charge is 2.34. The van der Waals surface area contributed by atoms with Crippen LogP contribution in [0.15, 0.2) is 24.3 Å². The molecular formula is C17H26N2. The van der Waals surface area contributed by atoms with Gasteiger partial charge in [-0.3, -0.25) is 0 Å². The van der Waals surface area contributed by atoms with Crippen LogP contribution in [0.3, 0.4) is 0 Å². The predicted molar refractivity (Wildman–Crippen MR) is 81.6 cm³/mol. The van der Waals surface area contributed by atoms with Gasteiger partial charge in [0, 0.05) is 18.8 Å². The molecule has 0 radical (unpaired) electrons. The SMILES string of the molecule is CCC1(CNCC2CNc3ccccc3C2)CCC1. The van der Waals surface area contributed by atoms with Gasteiger partial charge in [-0.25, -0.2) is 0 Å². The summed E-state index contributed by atoms with van der Waals surface area (Å²) in [5.41, 5.74) is 3.46. The second-order valence-electron chi connectivity index (χ2n) is 6.45. The zero-order valence-corrected chi connectivity index (χ0v) is 12.0.